The molecule has 0 amide bonds. The Bertz CT molecular complexity index is 1690. The van der Waals surface area contributed by atoms with Gasteiger partial charge in [0.1, 0.15) is 11.6 Å². The standard InChI is InChI=1S/C34H31ClN2O3S/c1-40-28-14-17-30(22-7-12-26(35)13-8-22)25(19-28)21-41-29-15-9-23(10-16-29)33-36-31-20-24(34(38)39)11-18-32(31)37(33)27-5-3-2-4-6-27/h7-20,27H,2-6,21H2,1H3,(H,38,39). The molecule has 41 heavy (non-hydrogen) atoms. The van der Waals surface area contributed by atoms with E-state index in [4.69, 9.17) is 21.3 Å². The van der Waals surface area contributed by atoms with Crippen LogP contribution in [0.2, 0.25) is 5.02 Å². The van der Waals surface area contributed by atoms with Crippen molar-refractivity contribution < 1.29 is 14.6 Å². The van der Waals surface area contributed by atoms with Crippen LogP contribution in [0.15, 0.2) is 89.8 Å². The second kappa shape index (κ2) is 12.0. The lowest BCUT2D eigenvalue weighted by Gasteiger charge is -2.25. The monoisotopic (exact) mass is 582 g/mol. The number of halogens is 1. The van der Waals surface area contributed by atoms with E-state index < -0.39 is 5.97 Å². The van der Waals surface area contributed by atoms with Crippen molar-refractivity contribution in [2.24, 2.45) is 0 Å². The van der Waals surface area contributed by atoms with Gasteiger partial charge in [0.25, 0.3) is 0 Å². The highest BCUT2D eigenvalue weighted by molar-refractivity contribution is 7.98. The number of rotatable bonds is 8. The molecular weight excluding hydrogens is 552 g/mol. The third-order valence-electron chi connectivity index (χ3n) is 7.85. The van der Waals surface area contributed by atoms with Crippen LogP contribution in [0.1, 0.15) is 54.1 Å². The van der Waals surface area contributed by atoms with Gasteiger partial charge >= 0.3 is 5.97 Å². The Labute approximate surface area is 249 Å². The Hall–Kier alpha value is -3.74. The molecule has 1 aromatic heterocycles. The smallest absolute Gasteiger partial charge is 0.335 e. The number of nitrogens with zero attached hydrogens (tertiary/aromatic N) is 2. The van der Waals surface area contributed by atoms with Crippen LogP contribution in [0.5, 0.6) is 5.75 Å². The molecule has 5 nitrogen and oxygen atoms in total. The largest absolute Gasteiger partial charge is 0.497 e. The van der Waals surface area contributed by atoms with Gasteiger partial charge in [0, 0.05) is 27.3 Å². The number of carbonyl (C=O) groups is 1. The fourth-order valence-corrected chi connectivity index (χ4v) is 6.75. The maximum absolute atomic E-state index is 11.6. The number of aromatic nitrogens is 2. The SMILES string of the molecule is COc1ccc(-c2ccc(Cl)cc2)c(CSc2ccc(-c3nc4cc(C(=O)O)ccc4n3C3CCCCC3)cc2)c1. The van der Waals surface area contributed by atoms with Gasteiger partial charge < -0.3 is 14.4 Å². The Kier molecular flexibility index (Phi) is 8.04. The van der Waals surface area contributed by atoms with Gasteiger partial charge in [-0.25, -0.2) is 9.78 Å². The number of hydrogen-bond acceptors (Lipinski definition) is 4. The highest BCUT2D eigenvalue weighted by atomic mass is 35.5. The van der Waals surface area contributed by atoms with Gasteiger partial charge in [-0.3, -0.25) is 0 Å². The van der Waals surface area contributed by atoms with Crippen LogP contribution in [0.3, 0.4) is 0 Å². The first kappa shape index (κ1) is 27.4. The normalized spacial score (nSPS) is 13.9. The Balaban J connectivity index is 1.29. The second-order valence-corrected chi connectivity index (χ2v) is 11.9. The molecular formula is C34H31ClN2O3S. The first-order valence-corrected chi connectivity index (χ1v) is 15.3. The summed E-state index contributed by atoms with van der Waals surface area (Å²) >= 11 is 7.90. The quantitative estimate of drug-likeness (QED) is 0.185. The maximum atomic E-state index is 11.6. The number of fused-ring (bicyclic) bond motifs is 1. The lowest BCUT2D eigenvalue weighted by atomic mass is 9.95. The van der Waals surface area contributed by atoms with E-state index in [1.54, 1.807) is 31.0 Å². The molecule has 1 aliphatic carbocycles. The molecule has 1 N–H and O–H groups in total. The Morgan fingerprint density at radius 1 is 0.951 bits per heavy atom. The average molecular weight is 583 g/mol. The van der Waals surface area contributed by atoms with Crippen molar-refractivity contribution in [2.75, 3.05) is 7.11 Å². The van der Waals surface area contributed by atoms with Crippen molar-refractivity contribution in [2.45, 2.75) is 48.8 Å². The Morgan fingerprint density at radius 3 is 2.39 bits per heavy atom. The first-order valence-electron chi connectivity index (χ1n) is 13.9. The molecule has 1 fully saturated rings. The molecule has 208 valence electrons. The van der Waals surface area contributed by atoms with Crippen LogP contribution in [0.25, 0.3) is 33.5 Å². The third kappa shape index (κ3) is 5.85. The third-order valence-corrected chi connectivity index (χ3v) is 9.16. The number of methoxy groups -OCH3 is 1. The van der Waals surface area contributed by atoms with E-state index in [1.165, 1.54) is 24.8 Å². The molecule has 1 saturated carbocycles. The maximum Gasteiger partial charge on any atom is 0.335 e. The highest BCUT2D eigenvalue weighted by Crippen LogP contribution is 2.38. The van der Waals surface area contributed by atoms with Crippen LogP contribution in [0.4, 0.5) is 0 Å². The summed E-state index contributed by atoms with van der Waals surface area (Å²) in [6.07, 6.45) is 5.90. The van der Waals surface area contributed by atoms with Crippen LogP contribution in [-0.2, 0) is 5.75 Å². The van der Waals surface area contributed by atoms with Crippen LogP contribution < -0.4 is 4.74 Å². The lowest BCUT2D eigenvalue weighted by molar-refractivity contribution is 0.0697. The number of benzene rings is 4. The topological polar surface area (TPSA) is 64.3 Å². The van der Waals surface area contributed by atoms with E-state index in [0.29, 0.717) is 6.04 Å². The van der Waals surface area contributed by atoms with Crippen molar-refractivity contribution in [1.29, 1.82) is 0 Å². The van der Waals surface area contributed by atoms with E-state index in [9.17, 15) is 9.90 Å². The molecule has 0 radical (unpaired) electrons. The van der Waals surface area contributed by atoms with Gasteiger partial charge in [0.15, 0.2) is 0 Å². The van der Waals surface area contributed by atoms with Crippen molar-refractivity contribution in [3.63, 3.8) is 0 Å². The fraction of sp³-hybridized carbons (Fsp3) is 0.235. The van der Waals surface area contributed by atoms with Gasteiger partial charge in [0.05, 0.1) is 23.7 Å². The minimum Gasteiger partial charge on any atom is -0.497 e. The zero-order valence-electron chi connectivity index (χ0n) is 22.8. The summed E-state index contributed by atoms with van der Waals surface area (Å²) in [5, 5.41) is 10.2. The number of carboxylic acid groups (broad SMARTS) is 1. The minimum atomic E-state index is -0.933. The number of imidazole rings is 1. The zero-order valence-corrected chi connectivity index (χ0v) is 24.4. The second-order valence-electron chi connectivity index (χ2n) is 10.4. The van der Waals surface area contributed by atoms with Crippen LogP contribution in [-0.4, -0.2) is 27.7 Å². The van der Waals surface area contributed by atoms with Crippen molar-refractivity contribution in [3.05, 3.63) is 101 Å². The summed E-state index contributed by atoms with van der Waals surface area (Å²) in [4.78, 5) is 17.7. The molecule has 7 heteroatoms. The summed E-state index contributed by atoms with van der Waals surface area (Å²) in [7, 11) is 1.69. The minimum absolute atomic E-state index is 0.264. The highest BCUT2D eigenvalue weighted by Gasteiger charge is 2.23. The summed E-state index contributed by atoms with van der Waals surface area (Å²) in [6.45, 7) is 0. The number of hydrogen-bond donors (Lipinski definition) is 1. The van der Waals surface area contributed by atoms with Crippen molar-refractivity contribution in [1.82, 2.24) is 9.55 Å². The van der Waals surface area contributed by atoms with Crippen molar-refractivity contribution in [3.8, 4) is 28.3 Å². The molecule has 1 heterocycles. The van der Waals surface area contributed by atoms with Crippen LogP contribution >= 0.6 is 23.4 Å². The van der Waals surface area contributed by atoms with E-state index >= 15 is 0 Å². The molecule has 0 aliphatic heterocycles. The fourth-order valence-electron chi connectivity index (χ4n) is 5.73. The van der Waals surface area contributed by atoms with Gasteiger partial charge in [-0.05, 0) is 84.1 Å². The summed E-state index contributed by atoms with van der Waals surface area (Å²) < 4.78 is 7.86. The predicted molar refractivity (Wildman–Crippen MR) is 167 cm³/mol. The summed E-state index contributed by atoms with van der Waals surface area (Å²) in [5.41, 5.74) is 6.51. The average Bonchev–Trinajstić information content (AvgIpc) is 3.40. The number of carboxylic acids is 1. The molecule has 0 saturated heterocycles. The number of ether oxygens (including phenoxy) is 1. The molecule has 0 atom stereocenters. The van der Waals surface area contributed by atoms with E-state index in [0.717, 1.165) is 67.8 Å². The molecule has 5 aromatic rings. The molecule has 1 aliphatic rings. The molecule has 0 bridgehead atoms. The molecule has 0 spiro atoms. The molecule has 4 aromatic carbocycles. The Morgan fingerprint density at radius 2 is 1.68 bits per heavy atom. The first-order chi connectivity index (χ1) is 20.0. The van der Waals surface area contributed by atoms with Crippen LogP contribution in [0, 0.1) is 0 Å². The van der Waals surface area contributed by atoms with Crippen molar-refractivity contribution >= 4 is 40.4 Å². The summed E-state index contributed by atoms with van der Waals surface area (Å²) in [6, 6.07) is 28.3. The summed E-state index contributed by atoms with van der Waals surface area (Å²) in [5.74, 6) is 1.59. The van der Waals surface area contributed by atoms with Gasteiger partial charge in [-0.2, -0.15) is 0 Å². The van der Waals surface area contributed by atoms with Gasteiger partial charge in [-0.15, -0.1) is 11.8 Å². The number of aromatic carboxylic acids is 1. The van der Waals surface area contributed by atoms with E-state index in [2.05, 4.69) is 41.0 Å². The number of thioether (sulfide) groups is 1. The lowest BCUT2D eigenvalue weighted by Crippen LogP contribution is -2.14. The predicted octanol–water partition coefficient (Wildman–Crippen LogP) is 9.53. The molecule has 6 rings (SSSR count). The zero-order chi connectivity index (χ0) is 28.3. The van der Waals surface area contributed by atoms with E-state index in [1.807, 2.05) is 36.4 Å². The van der Waals surface area contributed by atoms with E-state index in [-0.39, 0.29) is 5.56 Å². The van der Waals surface area contributed by atoms with Gasteiger partial charge in [0.2, 0.25) is 0 Å². The molecule has 0 unspecified atom stereocenters. The van der Waals surface area contributed by atoms with Gasteiger partial charge in [-0.1, -0.05) is 61.2 Å².